The zero-order chi connectivity index (χ0) is 22.9. The lowest BCUT2D eigenvalue weighted by Gasteiger charge is -2.23. The molecule has 1 atom stereocenters. The summed E-state index contributed by atoms with van der Waals surface area (Å²) in [6.07, 6.45) is 4.21. The molecule has 10 heteroatoms. The number of nitrogen functional groups attached to an aromatic ring is 1. The maximum atomic E-state index is 13.1. The van der Waals surface area contributed by atoms with Crippen molar-refractivity contribution in [2.45, 2.75) is 19.4 Å². The van der Waals surface area contributed by atoms with Crippen LogP contribution < -0.4 is 11.1 Å². The molecule has 1 fully saturated rings. The second kappa shape index (κ2) is 8.22. The molecule has 5 rings (SSSR count). The van der Waals surface area contributed by atoms with Gasteiger partial charge in [-0.15, -0.1) is 5.10 Å². The first-order valence-electron chi connectivity index (χ1n) is 10.3. The van der Waals surface area contributed by atoms with Crippen molar-refractivity contribution in [1.29, 1.82) is 5.26 Å². The number of hydrogen-bond donors (Lipinski definition) is 2. The van der Waals surface area contributed by atoms with E-state index >= 15 is 0 Å². The highest BCUT2D eigenvalue weighted by Crippen LogP contribution is 2.32. The smallest absolute Gasteiger partial charge is 0.346 e. The number of benzene rings is 1. The lowest BCUT2D eigenvalue weighted by atomic mass is 10.0. The van der Waals surface area contributed by atoms with Crippen LogP contribution in [0.5, 0.6) is 0 Å². The maximum Gasteiger partial charge on any atom is 0.346 e. The standard InChI is InChI=1S/C23H20N8O2/c1-14-19(10-18(12-26-14)17-6-7-21-28-22(25)29-30(21)13-17)27-23(32)31-20(8-9-33-31)16-4-2-15(11-24)3-5-16/h2-7,10,12-13,20H,8-9H2,1H3,(H2,25,29)(H,27,32). The molecule has 33 heavy (non-hydrogen) atoms. The number of carbonyl (C=O) groups is 1. The van der Waals surface area contributed by atoms with Crippen LogP contribution in [0.15, 0.2) is 54.9 Å². The Kier molecular flexibility index (Phi) is 5.08. The van der Waals surface area contributed by atoms with Gasteiger partial charge in [0.05, 0.1) is 35.7 Å². The number of aromatic nitrogens is 4. The molecule has 1 aliphatic heterocycles. The zero-order valence-corrected chi connectivity index (χ0v) is 17.8. The Hall–Kier alpha value is -4.49. The van der Waals surface area contributed by atoms with Crippen LogP contribution in [0.2, 0.25) is 0 Å². The maximum absolute atomic E-state index is 13.1. The van der Waals surface area contributed by atoms with Crippen molar-refractivity contribution in [2.75, 3.05) is 17.7 Å². The summed E-state index contributed by atoms with van der Waals surface area (Å²) < 4.78 is 1.60. The number of carbonyl (C=O) groups excluding carboxylic acids is 1. The number of amides is 2. The van der Waals surface area contributed by atoms with E-state index in [4.69, 9.17) is 15.8 Å². The quantitative estimate of drug-likeness (QED) is 0.498. The van der Waals surface area contributed by atoms with Crippen molar-refractivity contribution in [3.05, 3.63) is 71.7 Å². The minimum Gasteiger partial charge on any atom is -0.366 e. The van der Waals surface area contributed by atoms with Gasteiger partial charge >= 0.3 is 6.03 Å². The van der Waals surface area contributed by atoms with Crippen molar-refractivity contribution in [2.24, 2.45) is 0 Å². The summed E-state index contributed by atoms with van der Waals surface area (Å²) in [5, 5.41) is 17.4. The van der Waals surface area contributed by atoms with Gasteiger partial charge < -0.3 is 11.1 Å². The molecule has 3 N–H and O–H groups in total. The van der Waals surface area contributed by atoms with Crippen LogP contribution in [-0.2, 0) is 4.84 Å². The Morgan fingerprint density at radius 1 is 1.24 bits per heavy atom. The molecule has 0 spiro atoms. The normalized spacial score (nSPS) is 15.5. The molecule has 0 aliphatic carbocycles. The summed E-state index contributed by atoms with van der Waals surface area (Å²) in [6, 6.07) is 14.2. The monoisotopic (exact) mass is 440 g/mol. The number of anilines is 2. The number of nitriles is 1. The van der Waals surface area contributed by atoms with E-state index in [1.165, 1.54) is 5.06 Å². The van der Waals surface area contributed by atoms with Crippen molar-refractivity contribution in [3.63, 3.8) is 0 Å². The number of pyridine rings is 2. The van der Waals surface area contributed by atoms with Gasteiger partial charge in [0.25, 0.3) is 0 Å². The van der Waals surface area contributed by atoms with E-state index in [-0.39, 0.29) is 18.0 Å². The molecule has 0 radical (unpaired) electrons. The molecular formula is C23H20N8O2. The molecule has 4 aromatic rings. The first-order chi connectivity index (χ1) is 16.0. The van der Waals surface area contributed by atoms with Gasteiger partial charge in [0.1, 0.15) is 0 Å². The van der Waals surface area contributed by atoms with E-state index in [0.717, 1.165) is 16.7 Å². The van der Waals surface area contributed by atoms with E-state index in [9.17, 15) is 4.79 Å². The Bertz CT molecular complexity index is 1390. The van der Waals surface area contributed by atoms with E-state index in [2.05, 4.69) is 26.5 Å². The number of hydrogen-bond acceptors (Lipinski definition) is 7. The largest absolute Gasteiger partial charge is 0.366 e. The first kappa shape index (κ1) is 20.4. The molecule has 164 valence electrons. The summed E-state index contributed by atoms with van der Waals surface area (Å²) in [5.74, 6) is 0.199. The molecule has 4 heterocycles. The highest BCUT2D eigenvalue weighted by Gasteiger charge is 2.32. The summed E-state index contributed by atoms with van der Waals surface area (Å²) >= 11 is 0. The summed E-state index contributed by atoms with van der Waals surface area (Å²) in [7, 11) is 0. The number of hydroxylamine groups is 2. The molecule has 3 aromatic heterocycles. The summed E-state index contributed by atoms with van der Waals surface area (Å²) in [4.78, 5) is 27.3. The fourth-order valence-corrected chi connectivity index (χ4v) is 3.81. The molecule has 0 saturated carbocycles. The molecule has 1 aliphatic rings. The third-order valence-electron chi connectivity index (χ3n) is 5.54. The number of aryl methyl sites for hydroxylation is 1. The number of urea groups is 1. The third kappa shape index (κ3) is 3.93. The number of nitrogens with one attached hydrogen (secondary N) is 1. The average Bonchev–Trinajstić information content (AvgIpc) is 3.46. The lowest BCUT2D eigenvalue weighted by molar-refractivity contribution is -0.0829. The highest BCUT2D eigenvalue weighted by molar-refractivity contribution is 5.90. The molecule has 1 unspecified atom stereocenters. The van der Waals surface area contributed by atoms with Gasteiger partial charge in [-0.3, -0.25) is 9.82 Å². The molecular weight excluding hydrogens is 420 g/mol. The van der Waals surface area contributed by atoms with E-state index in [1.807, 2.05) is 37.3 Å². The zero-order valence-electron chi connectivity index (χ0n) is 17.8. The first-order valence-corrected chi connectivity index (χ1v) is 10.3. The second-order valence-electron chi connectivity index (χ2n) is 7.67. The third-order valence-corrected chi connectivity index (χ3v) is 5.54. The molecule has 1 saturated heterocycles. The number of nitrogens with zero attached hydrogens (tertiary/aromatic N) is 6. The van der Waals surface area contributed by atoms with Crippen LogP contribution >= 0.6 is 0 Å². The minimum absolute atomic E-state index is 0.199. The number of nitrogens with two attached hydrogens (primary N) is 1. The van der Waals surface area contributed by atoms with Crippen LogP contribution in [0.4, 0.5) is 16.4 Å². The second-order valence-corrected chi connectivity index (χ2v) is 7.67. The van der Waals surface area contributed by atoms with Crippen molar-refractivity contribution < 1.29 is 9.63 Å². The Balaban J connectivity index is 1.38. The minimum atomic E-state index is -0.386. The Morgan fingerprint density at radius 3 is 2.85 bits per heavy atom. The van der Waals surface area contributed by atoms with Gasteiger partial charge in [0.2, 0.25) is 5.95 Å². The summed E-state index contributed by atoms with van der Waals surface area (Å²) in [6.45, 7) is 2.25. The average molecular weight is 440 g/mol. The highest BCUT2D eigenvalue weighted by atomic mass is 16.7. The predicted molar refractivity (Wildman–Crippen MR) is 121 cm³/mol. The van der Waals surface area contributed by atoms with Crippen LogP contribution in [-0.4, -0.2) is 37.3 Å². The molecule has 0 bridgehead atoms. The van der Waals surface area contributed by atoms with E-state index in [0.29, 0.717) is 35.6 Å². The van der Waals surface area contributed by atoms with Crippen LogP contribution in [0.1, 0.15) is 29.3 Å². The van der Waals surface area contributed by atoms with E-state index in [1.54, 1.807) is 29.0 Å². The Morgan fingerprint density at radius 2 is 2.06 bits per heavy atom. The van der Waals surface area contributed by atoms with Crippen molar-refractivity contribution in [3.8, 4) is 17.2 Å². The van der Waals surface area contributed by atoms with Crippen LogP contribution in [0.25, 0.3) is 16.8 Å². The number of rotatable bonds is 3. The SMILES string of the molecule is Cc1ncc(-c2ccc3nc(N)nn3c2)cc1NC(=O)N1OCCC1c1ccc(C#N)cc1. The van der Waals surface area contributed by atoms with Crippen LogP contribution in [0, 0.1) is 18.3 Å². The summed E-state index contributed by atoms with van der Waals surface area (Å²) in [5.41, 5.74) is 10.7. The van der Waals surface area contributed by atoms with Crippen molar-refractivity contribution >= 4 is 23.3 Å². The van der Waals surface area contributed by atoms with Crippen LogP contribution in [0.3, 0.4) is 0 Å². The van der Waals surface area contributed by atoms with Gasteiger partial charge in [-0.2, -0.15) is 15.3 Å². The van der Waals surface area contributed by atoms with Gasteiger partial charge in [-0.1, -0.05) is 12.1 Å². The van der Waals surface area contributed by atoms with Crippen molar-refractivity contribution in [1.82, 2.24) is 24.6 Å². The molecule has 1 aromatic carbocycles. The van der Waals surface area contributed by atoms with Gasteiger partial charge in [-0.05, 0) is 42.8 Å². The predicted octanol–water partition coefficient (Wildman–Crippen LogP) is 3.46. The molecule has 10 nitrogen and oxygen atoms in total. The Labute approximate surface area is 189 Å². The van der Waals surface area contributed by atoms with Gasteiger partial charge in [0.15, 0.2) is 5.65 Å². The fourth-order valence-electron chi connectivity index (χ4n) is 3.81. The topological polar surface area (TPSA) is 134 Å². The fraction of sp³-hybridized carbons (Fsp3) is 0.174. The van der Waals surface area contributed by atoms with E-state index < -0.39 is 0 Å². The number of fused-ring (bicyclic) bond motifs is 1. The van der Waals surface area contributed by atoms with Gasteiger partial charge in [-0.25, -0.2) is 9.31 Å². The van der Waals surface area contributed by atoms with Gasteiger partial charge in [0, 0.05) is 29.9 Å². The lowest BCUT2D eigenvalue weighted by Crippen LogP contribution is -2.33. The molecule has 2 amide bonds.